The average molecular weight is 341 g/mol. The predicted octanol–water partition coefficient (Wildman–Crippen LogP) is 3.06. The molecule has 4 nitrogen and oxygen atoms in total. The first-order valence-corrected chi connectivity index (χ1v) is 7.79. The summed E-state index contributed by atoms with van der Waals surface area (Å²) in [6, 6.07) is 7.12. The van der Waals surface area contributed by atoms with Gasteiger partial charge < -0.3 is 10.4 Å². The van der Waals surface area contributed by atoms with Crippen molar-refractivity contribution in [3.63, 3.8) is 0 Å². The van der Waals surface area contributed by atoms with E-state index in [-0.39, 0.29) is 12.1 Å². The number of rotatable bonds is 6. The summed E-state index contributed by atoms with van der Waals surface area (Å²) in [5.41, 5.74) is -0.566. The quantitative estimate of drug-likeness (QED) is 0.849. The maximum Gasteiger partial charge on any atom is 0.422 e. The molecule has 0 saturated carbocycles. The van der Waals surface area contributed by atoms with Crippen LogP contribution in [0.25, 0.3) is 0 Å². The van der Waals surface area contributed by atoms with Gasteiger partial charge in [0, 0.05) is 30.9 Å². The van der Waals surface area contributed by atoms with Crippen molar-refractivity contribution in [2.75, 3.05) is 6.54 Å². The molecule has 1 aromatic heterocycles. The summed E-state index contributed by atoms with van der Waals surface area (Å²) in [7, 11) is 0. The minimum absolute atomic E-state index is 0.178. The Hall–Kier alpha value is -1.86. The maximum atomic E-state index is 13.4. The number of nitrogens with one attached hydrogen (secondary N) is 1. The van der Waals surface area contributed by atoms with Crippen LogP contribution in [0.1, 0.15) is 29.4 Å². The lowest BCUT2D eigenvalue weighted by Gasteiger charge is -2.31. The van der Waals surface area contributed by atoms with Gasteiger partial charge in [0.15, 0.2) is 5.60 Å². The Morgan fingerprint density at radius 3 is 2.29 bits per heavy atom. The fraction of sp³-hybridized carbons (Fsp3) is 0.471. The largest absolute Gasteiger partial charge is 0.422 e. The van der Waals surface area contributed by atoms with Crippen molar-refractivity contribution in [2.45, 2.75) is 45.6 Å². The molecule has 0 aliphatic carbocycles. The Morgan fingerprint density at radius 1 is 1.17 bits per heavy atom. The van der Waals surface area contributed by atoms with Gasteiger partial charge in [-0.15, -0.1) is 0 Å². The second kappa shape index (κ2) is 6.94. The highest BCUT2D eigenvalue weighted by molar-refractivity contribution is 5.26. The number of alkyl halides is 3. The van der Waals surface area contributed by atoms with Crippen molar-refractivity contribution in [2.24, 2.45) is 0 Å². The van der Waals surface area contributed by atoms with Gasteiger partial charge >= 0.3 is 6.18 Å². The zero-order valence-corrected chi connectivity index (χ0v) is 14.0. The summed E-state index contributed by atoms with van der Waals surface area (Å²) in [4.78, 5) is 0. The third kappa shape index (κ3) is 3.47. The lowest BCUT2D eigenvalue weighted by molar-refractivity contribution is -0.264. The number of aliphatic hydroxyl groups is 1. The van der Waals surface area contributed by atoms with Crippen LogP contribution in [0.3, 0.4) is 0 Å². The standard InChI is InChI=1S/C17H22F3N3O/c1-4-23-13(3)15(12(2)22-23)10-21-11-16(24,17(18,19)20)14-8-6-5-7-9-14/h5-9,21,24H,4,10-11H2,1-3H3. The van der Waals surface area contributed by atoms with Crippen molar-refractivity contribution in [1.29, 1.82) is 0 Å². The van der Waals surface area contributed by atoms with Gasteiger partial charge in [-0.25, -0.2) is 0 Å². The summed E-state index contributed by atoms with van der Waals surface area (Å²) in [5.74, 6) is 0. The van der Waals surface area contributed by atoms with Gasteiger partial charge in [0.1, 0.15) is 0 Å². The monoisotopic (exact) mass is 341 g/mol. The molecule has 0 amide bonds. The summed E-state index contributed by atoms with van der Waals surface area (Å²) >= 11 is 0. The zero-order valence-electron chi connectivity index (χ0n) is 14.0. The zero-order chi connectivity index (χ0) is 18.0. The van der Waals surface area contributed by atoms with Gasteiger partial charge in [0.2, 0.25) is 0 Å². The molecule has 0 saturated heterocycles. The van der Waals surface area contributed by atoms with E-state index < -0.39 is 18.3 Å². The van der Waals surface area contributed by atoms with Gasteiger partial charge in [-0.2, -0.15) is 18.3 Å². The average Bonchev–Trinajstić information content (AvgIpc) is 2.81. The van der Waals surface area contributed by atoms with E-state index in [9.17, 15) is 18.3 Å². The first-order valence-electron chi connectivity index (χ1n) is 7.79. The van der Waals surface area contributed by atoms with Crippen LogP contribution in [0, 0.1) is 13.8 Å². The summed E-state index contributed by atoms with van der Waals surface area (Å²) in [6.07, 6.45) is -4.78. The SMILES string of the molecule is CCn1nc(C)c(CNCC(O)(c2ccccc2)C(F)(F)F)c1C. The van der Waals surface area contributed by atoms with Crippen LogP contribution in [0.4, 0.5) is 13.2 Å². The third-order valence-corrected chi connectivity index (χ3v) is 4.23. The lowest BCUT2D eigenvalue weighted by atomic mass is 9.93. The highest BCUT2D eigenvalue weighted by Gasteiger charge is 2.54. The van der Waals surface area contributed by atoms with Crippen LogP contribution in [0.5, 0.6) is 0 Å². The smallest absolute Gasteiger partial charge is 0.375 e. The van der Waals surface area contributed by atoms with Crippen LogP contribution in [0.15, 0.2) is 30.3 Å². The van der Waals surface area contributed by atoms with E-state index in [0.29, 0.717) is 6.54 Å². The van der Waals surface area contributed by atoms with Gasteiger partial charge in [-0.3, -0.25) is 4.68 Å². The molecule has 1 atom stereocenters. The van der Waals surface area contributed by atoms with Crippen molar-refractivity contribution in [3.8, 4) is 0 Å². The Morgan fingerprint density at radius 2 is 1.79 bits per heavy atom. The molecule has 0 spiro atoms. The molecule has 2 rings (SSSR count). The highest BCUT2D eigenvalue weighted by Crippen LogP contribution is 2.38. The molecule has 7 heteroatoms. The van der Waals surface area contributed by atoms with E-state index >= 15 is 0 Å². The van der Waals surface area contributed by atoms with E-state index in [0.717, 1.165) is 17.0 Å². The van der Waals surface area contributed by atoms with Crippen molar-refractivity contribution in [3.05, 3.63) is 52.8 Å². The first kappa shape index (κ1) is 18.5. The van der Waals surface area contributed by atoms with E-state index in [2.05, 4.69) is 10.4 Å². The topological polar surface area (TPSA) is 50.1 Å². The number of aryl methyl sites for hydroxylation is 2. The van der Waals surface area contributed by atoms with Crippen LogP contribution >= 0.6 is 0 Å². The van der Waals surface area contributed by atoms with E-state index in [1.807, 2.05) is 20.8 Å². The van der Waals surface area contributed by atoms with Crippen molar-refractivity contribution in [1.82, 2.24) is 15.1 Å². The molecule has 0 bridgehead atoms. The summed E-state index contributed by atoms with van der Waals surface area (Å²) in [5, 5.41) is 17.4. The maximum absolute atomic E-state index is 13.4. The minimum Gasteiger partial charge on any atom is -0.375 e. The van der Waals surface area contributed by atoms with Crippen LogP contribution < -0.4 is 5.32 Å². The molecule has 0 radical (unpaired) electrons. The normalized spacial score (nSPS) is 14.6. The van der Waals surface area contributed by atoms with Gasteiger partial charge in [0.25, 0.3) is 0 Å². The van der Waals surface area contributed by atoms with Gasteiger partial charge in [0.05, 0.1) is 5.69 Å². The molecule has 2 N–H and O–H groups in total. The first-order chi connectivity index (χ1) is 11.2. The Bertz CT molecular complexity index is 682. The van der Waals surface area contributed by atoms with Crippen LogP contribution in [0.2, 0.25) is 0 Å². The number of hydrogen-bond donors (Lipinski definition) is 2. The fourth-order valence-electron chi connectivity index (χ4n) is 2.75. The van der Waals surface area contributed by atoms with E-state index in [1.165, 1.54) is 24.3 Å². The molecule has 1 heterocycles. The Labute approximate surface area is 139 Å². The Kier molecular flexibility index (Phi) is 5.35. The van der Waals surface area contributed by atoms with Gasteiger partial charge in [-0.1, -0.05) is 30.3 Å². The van der Waals surface area contributed by atoms with Crippen molar-refractivity contribution < 1.29 is 18.3 Å². The van der Waals surface area contributed by atoms with Gasteiger partial charge in [-0.05, 0) is 26.3 Å². The summed E-state index contributed by atoms with van der Waals surface area (Å²) < 4.78 is 42.1. The number of halogens is 3. The molecule has 2 aromatic rings. The van der Waals surface area contributed by atoms with Crippen LogP contribution in [-0.4, -0.2) is 27.6 Å². The molecular weight excluding hydrogens is 319 g/mol. The van der Waals surface area contributed by atoms with E-state index in [1.54, 1.807) is 10.7 Å². The molecule has 0 fully saturated rings. The predicted molar refractivity (Wildman–Crippen MR) is 85.5 cm³/mol. The number of nitrogens with zero attached hydrogens (tertiary/aromatic N) is 2. The minimum atomic E-state index is -4.78. The Balaban J connectivity index is 2.17. The second-order valence-electron chi connectivity index (χ2n) is 5.79. The molecular formula is C17H22F3N3O. The van der Waals surface area contributed by atoms with Crippen LogP contribution in [-0.2, 0) is 18.7 Å². The number of hydrogen-bond acceptors (Lipinski definition) is 3. The lowest BCUT2D eigenvalue weighted by Crippen LogP contribution is -2.49. The molecule has 24 heavy (non-hydrogen) atoms. The van der Waals surface area contributed by atoms with Crippen molar-refractivity contribution >= 4 is 0 Å². The highest BCUT2D eigenvalue weighted by atomic mass is 19.4. The molecule has 0 aliphatic rings. The molecule has 1 unspecified atom stereocenters. The fourth-order valence-corrected chi connectivity index (χ4v) is 2.75. The number of benzene rings is 1. The molecule has 0 aliphatic heterocycles. The van der Waals surface area contributed by atoms with E-state index in [4.69, 9.17) is 0 Å². The second-order valence-corrected chi connectivity index (χ2v) is 5.79. The molecule has 132 valence electrons. The number of aromatic nitrogens is 2. The third-order valence-electron chi connectivity index (χ3n) is 4.23. The summed E-state index contributed by atoms with van der Waals surface area (Å²) in [6.45, 7) is 5.94. The molecule has 1 aromatic carbocycles.